The summed E-state index contributed by atoms with van der Waals surface area (Å²) in [5, 5.41) is 0.0781. The van der Waals surface area contributed by atoms with E-state index in [1.54, 1.807) is 0 Å². The molecule has 110 valence electrons. The van der Waals surface area contributed by atoms with Gasteiger partial charge in [-0.05, 0) is 5.41 Å². The normalized spacial score (nSPS) is 12.8. The summed E-state index contributed by atoms with van der Waals surface area (Å²) in [6, 6.07) is 9.27. The van der Waals surface area contributed by atoms with Crippen LogP contribution in [0.1, 0.15) is 37.6 Å². The summed E-state index contributed by atoms with van der Waals surface area (Å²) in [6.07, 6.45) is 0.426. The number of methoxy groups -OCH3 is 1. The van der Waals surface area contributed by atoms with Crippen molar-refractivity contribution in [3.05, 3.63) is 35.9 Å². The number of carbonyl (C=O) groups excluding carboxylic acids is 2. The van der Waals surface area contributed by atoms with Gasteiger partial charge in [0.15, 0.2) is 5.78 Å². The average Bonchev–Trinajstić information content (AvgIpc) is 2.42. The molecule has 0 radical (unpaired) electrons. The molecule has 0 spiro atoms. The monoisotopic (exact) mass is 294 g/mol. The second-order valence-corrected chi connectivity index (χ2v) is 6.93. The molecule has 0 aliphatic heterocycles. The lowest BCUT2D eigenvalue weighted by Gasteiger charge is -2.29. The van der Waals surface area contributed by atoms with Crippen molar-refractivity contribution in [1.29, 1.82) is 0 Å². The summed E-state index contributed by atoms with van der Waals surface area (Å²) in [6.45, 7) is 6.25. The van der Waals surface area contributed by atoms with Gasteiger partial charge in [-0.2, -0.15) is 0 Å². The van der Waals surface area contributed by atoms with Gasteiger partial charge in [-0.3, -0.25) is 9.59 Å². The second kappa shape index (κ2) is 7.48. The number of Topliss-reactive ketones (excluding diaryl/α,β-unsaturated/α-hetero) is 1. The van der Waals surface area contributed by atoms with Crippen molar-refractivity contribution in [2.45, 2.75) is 32.4 Å². The summed E-state index contributed by atoms with van der Waals surface area (Å²) in [4.78, 5) is 23.6. The Kier molecular flexibility index (Phi) is 6.27. The molecule has 0 N–H and O–H groups in total. The Hall–Kier alpha value is -1.29. The molecule has 0 saturated carbocycles. The Morgan fingerprint density at radius 1 is 1.20 bits per heavy atom. The lowest BCUT2D eigenvalue weighted by atomic mass is 9.88. The van der Waals surface area contributed by atoms with Crippen molar-refractivity contribution in [3.8, 4) is 0 Å². The molecular weight excluding hydrogens is 272 g/mol. The van der Waals surface area contributed by atoms with E-state index in [0.29, 0.717) is 6.42 Å². The zero-order valence-corrected chi connectivity index (χ0v) is 13.3. The molecular formula is C16H22O3S. The van der Waals surface area contributed by atoms with Crippen LogP contribution in [-0.2, 0) is 9.53 Å². The van der Waals surface area contributed by atoms with Crippen LogP contribution < -0.4 is 0 Å². The van der Waals surface area contributed by atoms with Gasteiger partial charge in [0.25, 0.3) is 0 Å². The predicted octanol–water partition coefficient (Wildman–Crippen LogP) is 3.58. The number of hydrogen-bond donors (Lipinski definition) is 0. The van der Waals surface area contributed by atoms with Crippen LogP contribution in [0, 0.1) is 5.41 Å². The van der Waals surface area contributed by atoms with Crippen LogP contribution in [0.15, 0.2) is 30.3 Å². The zero-order chi connectivity index (χ0) is 15.2. The molecule has 1 aromatic carbocycles. The third-order valence-electron chi connectivity index (χ3n) is 3.06. The third kappa shape index (κ3) is 5.37. The highest BCUT2D eigenvalue weighted by Crippen LogP contribution is 2.33. The van der Waals surface area contributed by atoms with Gasteiger partial charge in [-0.15, -0.1) is 11.8 Å². The van der Waals surface area contributed by atoms with Gasteiger partial charge in [0.05, 0.1) is 12.9 Å². The van der Waals surface area contributed by atoms with Crippen LogP contribution in [-0.4, -0.2) is 29.9 Å². The fraction of sp³-hybridized carbons (Fsp3) is 0.500. The molecule has 1 rings (SSSR count). The molecule has 0 unspecified atom stereocenters. The van der Waals surface area contributed by atoms with Crippen LogP contribution in [0.4, 0.5) is 0 Å². The van der Waals surface area contributed by atoms with Crippen molar-refractivity contribution < 1.29 is 14.3 Å². The van der Waals surface area contributed by atoms with E-state index in [4.69, 9.17) is 0 Å². The highest BCUT2D eigenvalue weighted by Gasteiger charge is 2.28. The van der Waals surface area contributed by atoms with Gasteiger partial charge in [0, 0.05) is 17.2 Å². The molecule has 1 atom stereocenters. The SMILES string of the molecule is COC(=O)CS[C@@H](CC(=O)c1ccccc1)C(C)(C)C. The minimum Gasteiger partial charge on any atom is -0.468 e. The van der Waals surface area contributed by atoms with Gasteiger partial charge in [-0.25, -0.2) is 0 Å². The lowest BCUT2D eigenvalue weighted by Crippen LogP contribution is -2.27. The van der Waals surface area contributed by atoms with E-state index in [1.807, 2.05) is 30.3 Å². The number of ether oxygens (including phenoxy) is 1. The summed E-state index contributed by atoms with van der Waals surface area (Å²) in [7, 11) is 1.38. The smallest absolute Gasteiger partial charge is 0.315 e. The van der Waals surface area contributed by atoms with Crippen LogP contribution in [0.25, 0.3) is 0 Å². The number of benzene rings is 1. The fourth-order valence-electron chi connectivity index (χ4n) is 1.75. The number of carbonyl (C=O) groups is 2. The Labute approximate surface area is 125 Å². The molecule has 20 heavy (non-hydrogen) atoms. The quantitative estimate of drug-likeness (QED) is 0.594. The maximum absolute atomic E-state index is 12.3. The summed E-state index contributed by atoms with van der Waals surface area (Å²) >= 11 is 1.49. The van der Waals surface area contributed by atoms with Crippen molar-refractivity contribution in [2.24, 2.45) is 5.41 Å². The molecule has 1 aromatic rings. The summed E-state index contributed by atoms with van der Waals surface area (Å²) < 4.78 is 4.66. The standard InChI is InChI=1S/C16H22O3S/c1-16(2,3)14(20-11-15(18)19-4)10-13(17)12-8-6-5-7-9-12/h5-9,14H,10-11H2,1-4H3/t14-/m0/s1. The molecule has 0 aromatic heterocycles. The molecule has 3 nitrogen and oxygen atoms in total. The maximum Gasteiger partial charge on any atom is 0.315 e. The van der Waals surface area contributed by atoms with Gasteiger partial charge in [-0.1, -0.05) is 51.1 Å². The number of rotatable bonds is 6. The molecule has 0 aliphatic carbocycles. The minimum absolute atomic E-state index is 0.0525. The third-order valence-corrected chi connectivity index (χ3v) is 4.74. The van der Waals surface area contributed by atoms with E-state index in [0.717, 1.165) is 5.56 Å². The molecule has 0 fully saturated rings. The molecule has 0 aliphatic rings. The largest absolute Gasteiger partial charge is 0.468 e. The predicted molar refractivity (Wildman–Crippen MR) is 83.1 cm³/mol. The Morgan fingerprint density at radius 3 is 2.30 bits per heavy atom. The van der Waals surface area contributed by atoms with Gasteiger partial charge in [0.1, 0.15) is 0 Å². The molecule has 4 heteroatoms. The Bertz CT molecular complexity index is 449. The molecule has 0 bridgehead atoms. The number of esters is 1. The topological polar surface area (TPSA) is 43.4 Å². The highest BCUT2D eigenvalue weighted by molar-refractivity contribution is 8.00. The Morgan fingerprint density at radius 2 is 1.80 bits per heavy atom. The van der Waals surface area contributed by atoms with E-state index in [9.17, 15) is 9.59 Å². The number of hydrogen-bond acceptors (Lipinski definition) is 4. The zero-order valence-electron chi connectivity index (χ0n) is 12.5. The van der Waals surface area contributed by atoms with Crippen molar-refractivity contribution in [2.75, 3.05) is 12.9 Å². The fourth-order valence-corrected chi connectivity index (χ4v) is 2.98. The first-order valence-corrected chi connectivity index (χ1v) is 7.66. The second-order valence-electron chi connectivity index (χ2n) is 5.74. The van der Waals surface area contributed by atoms with E-state index in [-0.39, 0.29) is 28.2 Å². The Balaban J connectivity index is 2.70. The molecule has 0 amide bonds. The van der Waals surface area contributed by atoms with Crippen LogP contribution in [0.5, 0.6) is 0 Å². The first kappa shape index (κ1) is 16.8. The first-order valence-electron chi connectivity index (χ1n) is 6.61. The maximum atomic E-state index is 12.3. The van der Waals surface area contributed by atoms with E-state index in [1.165, 1.54) is 18.9 Å². The van der Waals surface area contributed by atoms with Gasteiger partial charge < -0.3 is 4.74 Å². The molecule has 0 saturated heterocycles. The van der Waals surface area contributed by atoms with Gasteiger partial charge >= 0.3 is 5.97 Å². The summed E-state index contributed by atoms with van der Waals surface area (Å²) in [5.74, 6) is 0.139. The van der Waals surface area contributed by atoms with Crippen molar-refractivity contribution in [1.82, 2.24) is 0 Å². The van der Waals surface area contributed by atoms with Crippen LogP contribution in [0.3, 0.4) is 0 Å². The first-order chi connectivity index (χ1) is 9.34. The van der Waals surface area contributed by atoms with Gasteiger partial charge in [0.2, 0.25) is 0 Å². The van der Waals surface area contributed by atoms with Crippen molar-refractivity contribution in [3.63, 3.8) is 0 Å². The van der Waals surface area contributed by atoms with E-state index >= 15 is 0 Å². The lowest BCUT2D eigenvalue weighted by molar-refractivity contribution is -0.137. The van der Waals surface area contributed by atoms with Crippen LogP contribution >= 0.6 is 11.8 Å². The minimum atomic E-state index is -0.253. The van der Waals surface area contributed by atoms with Crippen LogP contribution in [0.2, 0.25) is 0 Å². The van der Waals surface area contributed by atoms with E-state index in [2.05, 4.69) is 25.5 Å². The summed E-state index contributed by atoms with van der Waals surface area (Å²) in [5.41, 5.74) is 0.670. The molecule has 0 heterocycles. The van der Waals surface area contributed by atoms with E-state index < -0.39 is 0 Å². The van der Waals surface area contributed by atoms with Crippen molar-refractivity contribution >= 4 is 23.5 Å². The highest BCUT2D eigenvalue weighted by atomic mass is 32.2. The number of thioether (sulfide) groups is 1. The number of ketones is 1. The average molecular weight is 294 g/mol.